The molecule has 1 unspecified atom stereocenters. The first kappa shape index (κ1) is 9.65. The summed E-state index contributed by atoms with van der Waals surface area (Å²) in [4.78, 5) is 3.95. The van der Waals surface area contributed by atoms with Crippen LogP contribution in [0.1, 0.15) is 24.8 Å². The summed E-state index contributed by atoms with van der Waals surface area (Å²) in [5, 5.41) is 7.41. The lowest BCUT2D eigenvalue weighted by molar-refractivity contribution is 0.883. The molecule has 1 N–H and O–H groups in total. The monoisotopic (exact) mass is 174 g/mol. The van der Waals surface area contributed by atoms with E-state index in [0.717, 1.165) is 6.42 Å². The molecule has 0 aromatic carbocycles. The van der Waals surface area contributed by atoms with Crippen molar-refractivity contribution in [3.63, 3.8) is 0 Å². The van der Waals surface area contributed by atoms with Crippen molar-refractivity contribution in [3.05, 3.63) is 42.7 Å². The summed E-state index contributed by atoms with van der Waals surface area (Å²) < 4.78 is 0. The van der Waals surface area contributed by atoms with E-state index in [1.54, 1.807) is 12.4 Å². The van der Waals surface area contributed by atoms with Gasteiger partial charge in [0.05, 0.1) is 0 Å². The summed E-state index contributed by atoms with van der Waals surface area (Å²) in [5.74, 6) is 0.250. The highest BCUT2D eigenvalue weighted by Gasteiger charge is 2.07. The fourth-order valence-electron chi connectivity index (χ4n) is 1.28. The van der Waals surface area contributed by atoms with Crippen LogP contribution in [-0.2, 0) is 0 Å². The van der Waals surface area contributed by atoms with E-state index in [0.29, 0.717) is 5.71 Å². The van der Waals surface area contributed by atoms with E-state index in [2.05, 4.69) is 11.6 Å². The Kier molecular flexibility index (Phi) is 3.38. The molecular weight excluding hydrogens is 160 g/mol. The SMILES string of the molecule is C=CC(CC(C)=N)c1ccncc1. The van der Waals surface area contributed by atoms with Crippen LogP contribution in [0.2, 0.25) is 0 Å². The number of pyridine rings is 1. The minimum atomic E-state index is 0.250. The van der Waals surface area contributed by atoms with Gasteiger partial charge in [-0.1, -0.05) is 6.08 Å². The van der Waals surface area contributed by atoms with Gasteiger partial charge in [-0.2, -0.15) is 0 Å². The molecule has 0 radical (unpaired) electrons. The zero-order chi connectivity index (χ0) is 9.68. The Morgan fingerprint density at radius 2 is 2.23 bits per heavy atom. The van der Waals surface area contributed by atoms with Gasteiger partial charge >= 0.3 is 0 Å². The van der Waals surface area contributed by atoms with E-state index in [9.17, 15) is 0 Å². The number of allylic oxidation sites excluding steroid dienone is 1. The summed E-state index contributed by atoms with van der Waals surface area (Å²) in [6, 6.07) is 3.94. The molecule has 0 aliphatic carbocycles. The molecule has 0 fully saturated rings. The highest BCUT2D eigenvalue weighted by molar-refractivity contribution is 5.79. The Bertz CT molecular complexity index is 290. The molecule has 1 aromatic rings. The highest BCUT2D eigenvalue weighted by atomic mass is 14.6. The molecule has 1 heterocycles. The fourth-order valence-corrected chi connectivity index (χ4v) is 1.28. The molecule has 0 bridgehead atoms. The van der Waals surface area contributed by atoms with Gasteiger partial charge < -0.3 is 5.41 Å². The van der Waals surface area contributed by atoms with Crippen molar-refractivity contribution in [1.82, 2.24) is 4.98 Å². The summed E-state index contributed by atoms with van der Waals surface area (Å²) in [7, 11) is 0. The molecule has 0 saturated carbocycles. The first-order chi connectivity index (χ1) is 6.24. The van der Waals surface area contributed by atoms with Crippen LogP contribution in [0.15, 0.2) is 37.2 Å². The van der Waals surface area contributed by atoms with Crippen molar-refractivity contribution in [2.75, 3.05) is 0 Å². The van der Waals surface area contributed by atoms with E-state index < -0.39 is 0 Å². The molecule has 2 nitrogen and oxygen atoms in total. The van der Waals surface area contributed by atoms with Gasteiger partial charge in [-0.25, -0.2) is 0 Å². The van der Waals surface area contributed by atoms with Crippen molar-refractivity contribution in [2.24, 2.45) is 0 Å². The summed E-state index contributed by atoms with van der Waals surface area (Å²) in [5.41, 5.74) is 1.86. The summed E-state index contributed by atoms with van der Waals surface area (Å²) in [6.45, 7) is 5.59. The molecule has 1 aromatic heterocycles. The van der Waals surface area contributed by atoms with Crippen LogP contribution in [0.4, 0.5) is 0 Å². The lowest BCUT2D eigenvalue weighted by Crippen LogP contribution is -2.00. The topological polar surface area (TPSA) is 36.7 Å². The molecule has 0 aliphatic rings. The molecular formula is C11H14N2. The molecule has 68 valence electrons. The summed E-state index contributed by atoms with van der Waals surface area (Å²) in [6.07, 6.45) is 6.16. The van der Waals surface area contributed by atoms with E-state index in [-0.39, 0.29) is 5.92 Å². The molecule has 13 heavy (non-hydrogen) atoms. The van der Waals surface area contributed by atoms with Crippen LogP contribution in [0.5, 0.6) is 0 Å². The Labute approximate surface area is 78.8 Å². The highest BCUT2D eigenvalue weighted by Crippen LogP contribution is 2.19. The lowest BCUT2D eigenvalue weighted by atomic mass is 9.95. The quantitative estimate of drug-likeness (QED) is 0.553. The van der Waals surface area contributed by atoms with Gasteiger partial charge in [0, 0.05) is 24.0 Å². The smallest absolute Gasteiger partial charge is 0.0270 e. The molecule has 1 rings (SSSR count). The number of rotatable bonds is 4. The number of aromatic nitrogens is 1. The fraction of sp³-hybridized carbons (Fsp3) is 0.273. The largest absolute Gasteiger partial charge is 0.310 e. The van der Waals surface area contributed by atoms with Crippen LogP contribution in [0.3, 0.4) is 0 Å². The van der Waals surface area contributed by atoms with Gasteiger partial charge in [0.1, 0.15) is 0 Å². The predicted octanol–water partition coefficient (Wildman–Crippen LogP) is 2.78. The van der Waals surface area contributed by atoms with Gasteiger partial charge in [0.15, 0.2) is 0 Å². The van der Waals surface area contributed by atoms with Crippen molar-refractivity contribution in [2.45, 2.75) is 19.3 Å². The predicted molar refractivity (Wildman–Crippen MR) is 55.2 cm³/mol. The number of hydrogen-bond donors (Lipinski definition) is 1. The molecule has 2 heteroatoms. The number of hydrogen-bond acceptors (Lipinski definition) is 2. The van der Waals surface area contributed by atoms with E-state index in [4.69, 9.17) is 5.41 Å². The minimum absolute atomic E-state index is 0.250. The molecule has 0 aliphatic heterocycles. The number of nitrogens with one attached hydrogen (secondary N) is 1. The Morgan fingerprint density at radius 3 is 2.69 bits per heavy atom. The molecule has 0 amide bonds. The van der Waals surface area contributed by atoms with Crippen molar-refractivity contribution < 1.29 is 0 Å². The van der Waals surface area contributed by atoms with Gasteiger partial charge in [0.2, 0.25) is 0 Å². The van der Waals surface area contributed by atoms with Crippen molar-refractivity contribution in [1.29, 1.82) is 5.41 Å². The first-order valence-corrected chi connectivity index (χ1v) is 4.30. The first-order valence-electron chi connectivity index (χ1n) is 4.30. The maximum atomic E-state index is 7.41. The number of nitrogens with zero attached hydrogens (tertiary/aromatic N) is 1. The third-order valence-corrected chi connectivity index (χ3v) is 1.94. The maximum Gasteiger partial charge on any atom is 0.0270 e. The van der Waals surface area contributed by atoms with Crippen LogP contribution in [0.25, 0.3) is 0 Å². The molecule has 1 atom stereocenters. The van der Waals surface area contributed by atoms with Crippen LogP contribution >= 0.6 is 0 Å². The Hall–Kier alpha value is -1.44. The minimum Gasteiger partial charge on any atom is -0.310 e. The average Bonchev–Trinajstić information content (AvgIpc) is 2.15. The lowest BCUT2D eigenvalue weighted by Gasteiger charge is -2.10. The van der Waals surface area contributed by atoms with Crippen molar-refractivity contribution >= 4 is 5.71 Å². The van der Waals surface area contributed by atoms with Gasteiger partial charge in [-0.3, -0.25) is 4.98 Å². The Balaban J connectivity index is 2.78. The van der Waals surface area contributed by atoms with E-state index >= 15 is 0 Å². The van der Waals surface area contributed by atoms with Gasteiger partial charge in [-0.05, 0) is 31.0 Å². The Morgan fingerprint density at radius 1 is 1.62 bits per heavy atom. The van der Waals surface area contributed by atoms with Gasteiger partial charge in [-0.15, -0.1) is 6.58 Å². The van der Waals surface area contributed by atoms with Crippen LogP contribution in [0, 0.1) is 5.41 Å². The van der Waals surface area contributed by atoms with Crippen LogP contribution in [-0.4, -0.2) is 10.7 Å². The van der Waals surface area contributed by atoms with E-state index in [1.165, 1.54) is 5.56 Å². The second kappa shape index (κ2) is 4.55. The maximum absolute atomic E-state index is 7.41. The molecule has 0 spiro atoms. The zero-order valence-electron chi connectivity index (χ0n) is 7.83. The zero-order valence-corrected chi connectivity index (χ0v) is 7.83. The average molecular weight is 174 g/mol. The van der Waals surface area contributed by atoms with E-state index in [1.807, 2.05) is 25.1 Å². The third kappa shape index (κ3) is 2.82. The van der Waals surface area contributed by atoms with Gasteiger partial charge in [0.25, 0.3) is 0 Å². The third-order valence-electron chi connectivity index (χ3n) is 1.94. The second-order valence-corrected chi connectivity index (χ2v) is 3.11. The summed E-state index contributed by atoms with van der Waals surface area (Å²) >= 11 is 0. The standard InChI is InChI=1S/C11H14N2/c1-3-10(8-9(2)12)11-4-6-13-7-5-11/h3-7,10,12H,1,8H2,2H3. The second-order valence-electron chi connectivity index (χ2n) is 3.11. The normalized spacial score (nSPS) is 12.1. The van der Waals surface area contributed by atoms with Crippen molar-refractivity contribution in [3.8, 4) is 0 Å². The molecule has 0 saturated heterocycles. The van der Waals surface area contributed by atoms with Crippen LogP contribution < -0.4 is 0 Å².